The Hall–Kier alpha value is -1.86. The molecule has 0 aliphatic heterocycles. The van der Waals surface area contributed by atoms with Crippen molar-refractivity contribution in [3.63, 3.8) is 0 Å². The predicted octanol–water partition coefficient (Wildman–Crippen LogP) is 3.78. The van der Waals surface area contributed by atoms with Crippen LogP contribution in [0.5, 0.6) is 0 Å². The molecule has 90 valence electrons. The van der Waals surface area contributed by atoms with Crippen LogP contribution in [0, 0.1) is 0 Å². The van der Waals surface area contributed by atoms with Gasteiger partial charge in [0.2, 0.25) is 0 Å². The Bertz CT molecular complexity index is 611. The maximum atomic E-state index is 6.44. The summed E-state index contributed by atoms with van der Waals surface area (Å²) in [6, 6.07) is 14.8. The molecule has 0 bridgehead atoms. The van der Waals surface area contributed by atoms with Gasteiger partial charge in [-0.05, 0) is 34.2 Å². The fourth-order valence-corrected chi connectivity index (χ4v) is 2.70. The molecule has 2 aromatic rings. The normalized spacial score (nSPS) is 16.9. The molecule has 0 spiro atoms. The van der Waals surface area contributed by atoms with Crippen molar-refractivity contribution in [2.24, 2.45) is 5.73 Å². The van der Waals surface area contributed by atoms with Gasteiger partial charge in [0, 0.05) is 0 Å². The van der Waals surface area contributed by atoms with Crippen LogP contribution in [-0.4, -0.2) is 0 Å². The Morgan fingerprint density at radius 3 is 2.56 bits per heavy atom. The average Bonchev–Trinajstić information content (AvgIpc) is 2.57. The molecular formula is C17H17N. The molecular weight excluding hydrogens is 218 g/mol. The molecule has 0 aromatic heterocycles. The molecule has 0 saturated heterocycles. The first-order valence-electron chi connectivity index (χ1n) is 6.45. The first-order valence-corrected chi connectivity index (χ1v) is 6.45. The minimum Gasteiger partial charge on any atom is -0.320 e. The summed E-state index contributed by atoms with van der Waals surface area (Å²) in [6.45, 7) is 2.19. The van der Waals surface area contributed by atoms with Crippen LogP contribution in [0.2, 0.25) is 0 Å². The summed E-state index contributed by atoms with van der Waals surface area (Å²) in [5.74, 6) is 0. The number of hydrogen-bond acceptors (Lipinski definition) is 1. The molecule has 1 nitrogen and oxygen atoms in total. The van der Waals surface area contributed by atoms with Crippen LogP contribution in [0.3, 0.4) is 0 Å². The van der Waals surface area contributed by atoms with E-state index in [4.69, 9.17) is 5.73 Å². The number of benzene rings is 2. The fourth-order valence-electron chi connectivity index (χ4n) is 2.70. The molecule has 1 aliphatic rings. The van der Waals surface area contributed by atoms with E-state index in [1.807, 2.05) is 0 Å². The second-order valence-corrected chi connectivity index (χ2v) is 4.71. The number of nitrogens with two attached hydrogens (primary N) is 1. The van der Waals surface area contributed by atoms with E-state index in [-0.39, 0.29) is 6.04 Å². The molecule has 2 N–H and O–H groups in total. The lowest BCUT2D eigenvalue weighted by atomic mass is 9.92. The molecule has 1 heteroatoms. The van der Waals surface area contributed by atoms with Crippen LogP contribution in [0.1, 0.15) is 40.8 Å². The Morgan fingerprint density at radius 2 is 1.72 bits per heavy atom. The summed E-state index contributed by atoms with van der Waals surface area (Å²) >= 11 is 0. The second kappa shape index (κ2) is 4.43. The second-order valence-electron chi connectivity index (χ2n) is 4.71. The van der Waals surface area contributed by atoms with Gasteiger partial charge >= 0.3 is 0 Å². The van der Waals surface area contributed by atoms with E-state index in [9.17, 15) is 0 Å². The minimum absolute atomic E-state index is 0.0299. The molecule has 1 aliphatic carbocycles. The van der Waals surface area contributed by atoms with Crippen LogP contribution in [0.15, 0.2) is 42.5 Å². The number of rotatable bonds is 1. The van der Waals surface area contributed by atoms with Crippen molar-refractivity contribution < 1.29 is 0 Å². The maximum Gasteiger partial charge on any atom is 0.0563 e. The van der Waals surface area contributed by atoms with Crippen molar-refractivity contribution in [1.82, 2.24) is 0 Å². The molecule has 0 radical (unpaired) electrons. The third-order valence-electron chi connectivity index (χ3n) is 3.71. The summed E-state index contributed by atoms with van der Waals surface area (Å²) < 4.78 is 0. The molecule has 2 aromatic carbocycles. The van der Waals surface area contributed by atoms with Crippen molar-refractivity contribution in [3.05, 3.63) is 70.3 Å². The number of hydrogen-bond donors (Lipinski definition) is 1. The average molecular weight is 235 g/mol. The van der Waals surface area contributed by atoms with Crippen molar-refractivity contribution in [2.75, 3.05) is 0 Å². The topological polar surface area (TPSA) is 26.0 Å². The van der Waals surface area contributed by atoms with E-state index in [0.717, 1.165) is 6.42 Å². The first-order chi connectivity index (χ1) is 8.81. The molecule has 18 heavy (non-hydrogen) atoms. The highest BCUT2D eigenvalue weighted by atomic mass is 14.6. The summed E-state index contributed by atoms with van der Waals surface area (Å²) in [5.41, 5.74) is 12.8. The maximum absolute atomic E-state index is 6.44. The lowest BCUT2D eigenvalue weighted by molar-refractivity contribution is 0.864. The van der Waals surface area contributed by atoms with Crippen LogP contribution >= 0.6 is 0 Å². The monoisotopic (exact) mass is 235 g/mol. The largest absolute Gasteiger partial charge is 0.320 e. The van der Waals surface area contributed by atoms with E-state index in [0.29, 0.717) is 0 Å². The standard InChI is InChI=1S/C17H17N/c1-2-12-7-5-9-16-14(12)11-10-13-6-3-4-8-15(13)17(16)18/h3-11,17H,2,18H2,1H3. The summed E-state index contributed by atoms with van der Waals surface area (Å²) in [4.78, 5) is 0. The smallest absolute Gasteiger partial charge is 0.0563 e. The highest BCUT2D eigenvalue weighted by Gasteiger charge is 2.18. The zero-order chi connectivity index (χ0) is 12.5. The van der Waals surface area contributed by atoms with Gasteiger partial charge in [0.1, 0.15) is 0 Å². The zero-order valence-corrected chi connectivity index (χ0v) is 10.6. The number of aryl methyl sites for hydroxylation is 1. The third-order valence-corrected chi connectivity index (χ3v) is 3.71. The van der Waals surface area contributed by atoms with Crippen molar-refractivity contribution in [1.29, 1.82) is 0 Å². The molecule has 0 fully saturated rings. The summed E-state index contributed by atoms with van der Waals surface area (Å²) in [5, 5.41) is 0. The van der Waals surface area contributed by atoms with Gasteiger partial charge in [-0.25, -0.2) is 0 Å². The van der Waals surface area contributed by atoms with E-state index in [1.165, 1.54) is 27.8 Å². The van der Waals surface area contributed by atoms with Crippen LogP contribution in [0.4, 0.5) is 0 Å². The van der Waals surface area contributed by atoms with E-state index in [1.54, 1.807) is 0 Å². The lowest BCUT2D eigenvalue weighted by Gasteiger charge is -2.17. The number of fused-ring (bicyclic) bond motifs is 2. The third kappa shape index (κ3) is 1.68. The molecule has 0 saturated carbocycles. The van der Waals surface area contributed by atoms with Crippen molar-refractivity contribution >= 4 is 12.2 Å². The molecule has 1 unspecified atom stereocenters. The quantitative estimate of drug-likeness (QED) is 0.799. The highest BCUT2D eigenvalue weighted by molar-refractivity contribution is 5.77. The highest BCUT2D eigenvalue weighted by Crippen LogP contribution is 2.32. The van der Waals surface area contributed by atoms with Crippen LogP contribution < -0.4 is 5.73 Å². The van der Waals surface area contributed by atoms with Crippen molar-refractivity contribution in [2.45, 2.75) is 19.4 Å². The van der Waals surface area contributed by atoms with E-state index < -0.39 is 0 Å². The Labute approximate surface area is 108 Å². The zero-order valence-electron chi connectivity index (χ0n) is 10.6. The molecule has 1 atom stereocenters. The first kappa shape index (κ1) is 11.2. The fraction of sp³-hybridized carbons (Fsp3) is 0.176. The van der Waals surface area contributed by atoms with Gasteiger partial charge in [-0.3, -0.25) is 0 Å². The van der Waals surface area contributed by atoms with Gasteiger partial charge in [0.05, 0.1) is 6.04 Å². The Balaban J connectivity index is 2.25. The van der Waals surface area contributed by atoms with Crippen molar-refractivity contribution in [3.8, 4) is 0 Å². The van der Waals surface area contributed by atoms with Gasteiger partial charge < -0.3 is 5.73 Å². The molecule has 0 amide bonds. The van der Waals surface area contributed by atoms with Crippen LogP contribution in [-0.2, 0) is 6.42 Å². The van der Waals surface area contributed by atoms with Gasteiger partial charge in [0.15, 0.2) is 0 Å². The lowest BCUT2D eigenvalue weighted by Crippen LogP contribution is -2.14. The Kier molecular flexibility index (Phi) is 2.77. The van der Waals surface area contributed by atoms with Gasteiger partial charge in [0.25, 0.3) is 0 Å². The summed E-state index contributed by atoms with van der Waals surface area (Å²) in [6.07, 6.45) is 5.43. The minimum atomic E-state index is -0.0299. The van der Waals surface area contributed by atoms with Crippen LogP contribution in [0.25, 0.3) is 12.2 Å². The Morgan fingerprint density at radius 1 is 0.944 bits per heavy atom. The van der Waals surface area contributed by atoms with E-state index in [2.05, 4.69) is 61.5 Å². The SMILES string of the molecule is CCc1cccc2c1C=Cc1ccccc1C2N. The van der Waals surface area contributed by atoms with E-state index >= 15 is 0 Å². The van der Waals surface area contributed by atoms with Gasteiger partial charge in [-0.1, -0.05) is 61.5 Å². The molecule has 0 heterocycles. The van der Waals surface area contributed by atoms with Gasteiger partial charge in [-0.15, -0.1) is 0 Å². The predicted molar refractivity (Wildman–Crippen MR) is 77.2 cm³/mol. The summed E-state index contributed by atoms with van der Waals surface area (Å²) in [7, 11) is 0. The van der Waals surface area contributed by atoms with Gasteiger partial charge in [-0.2, -0.15) is 0 Å². The molecule has 3 rings (SSSR count).